The number of nitrogens with zero attached hydrogens (tertiary/aromatic N) is 1. The number of aliphatic hydroxyl groups is 1. The molecular weight excluding hydrogens is 309 g/mol. The van der Waals surface area contributed by atoms with Gasteiger partial charge in [0.25, 0.3) is 0 Å². The van der Waals surface area contributed by atoms with E-state index in [9.17, 15) is 5.11 Å². The molecule has 0 saturated heterocycles. The Morgan fingerprint density at radius 2 is 1.79 bits per heavy atom. The molecule has 3 nitrogen and oxygen atoms in total. The lowest BCUT2D eigenvalue weighted by Crippen LogP contribution is -1.95. The third-order valence-corrected chi connectivity index (χ3v) is 3.41. The molecule has 19 heavy (non-hydrogen) atoms. The van der Waals surface area contributed by atoms with Crippen molar-refractivity contribution >= 4 is 34.8 Å². The van der Waals surface area contributed by atoms with Crippen LogP contribution in [0.15, 0.2) is 30.5 Å². The molecule has 0 aliphatic heterocycles. The van der Waals surface area contributed by atoms with Crippen LogP contribution in [-0.2, 0) is 0 Å². The quantitative estimate of drug-likeness (QED) is 0.819. The zero-order chi connectivity index (χ0) is 14.0. The lowest BCUT2D eigenvalue weighted by Gasteiger charge is -2.09. The van der Waals surface area contributed by atoms with E-state index < -0.39 is 6.10 Å². The Morgan fingerprint density at radius 3 is 2.37 bits per heavy atom. The highest BCUT2D eigenvalue weighted by molar-refractivity contribution is 6.43. The highest BCUT2D eigenvalue weighted by Crippen LogP contribution is 2.36. The molecule has 1 aromatic carbocycles. The van der Waals surface area contributed by atoms with Crippen molar-refractivity contribution in [3.63, 3.8) is 0 Å². The number of halogens is 3. The number of hydrogen-bond acceptors (Lipinski definition) is 3. The summed E-state index contributed by atoms with van der Waals surface area (Å²) in [7, 11) is 0. The molecule has 100 valence electrons. The highest BCUT2D eigenvalue weighted by Gasteiger charge is 2.09. The molecule has 0 fully saturated rings. The number of pyridine rings is 1. The number of benzene rings is 1. The maximum atomic E-state index is 9.36. The van der Waals surface area contributed by atoms with Crippen LogP contribution in [-0.4, -0.2) is 10.1 Å². The van der Waals surface area contributed by atoms with Crippen LogP contribution in [0.3, 0.4) is 0 Å². The number of ether oxygens (including phenoxy) is 1. The molecule has 0 unspecified atom stereocenters. The first-order valence-electron chi connectivity index (χ1n) is 5.44. The van der Waals surface area contributed by atoms with Crippen LogP contribution in [0.2, 0.25) is 15.1 Å². The smallest absolute Gasteiger partial charge is 0.147 e. The second-order valence-electron chi connectivity index (χ2n) is 3.89. The number of rotatable bonds is 3. The summed E-state index contributed by atoms with van der Waals surface area (Å²) in [5.41, 5.74) is 0.563. The Kier molecular flexibility index (Phi) is 4.53. The van der Waals surface area contributed by atoms with E-state index in [1.54, 1.807) is 19.1 Å². The van der Waals surface area contributed by atoms with Gasteiger partial charge >= 0.3 is 0 Å². The van der Waals surface area contributed by atoms with Gasteiger partial charge in [-0.25, -0.2) is 0 Å². The molecule has 0 saturated carbocycles. The second kappa shape index (κ2) is 5.97. The van der Waals surface area contributed by atoms with Gasteiger partial charge in [0, 0.05) is 6.07 Å². The summed E-state index contributed by atoms with van der Waals surface area (Å²) in [6, 6.07) is 6.41. The van der Waals surface area contributed by atoms with Crippen molar-refractivity contribution in [2.75, 3.05) is 0 Å². The van der Waals surface area contributed by atoms with E-state index in [4.69, 9.17) is 39.5 Å². The monoisotopic (exact) mass is 317 g/mol. The summed E-state index contributed by atoms with van der Waals surface area (Å²) in [4.78, 5) is 4.07. The van der Waals surface area contributed by atoms with Crippen LogP contribution in [0.5, 0.6) is 11.5 Å². The van der Waals surface area contributed by atoms with Crippen molar-refractivity contribution in [3.05, 3.63) is 51.2 Å². The van der Waals surface area contributed by atoms with E-state index in [0.717, 1.165) is 0 Å². The van der Waals surface area contributed by atoms with E-state index in [0.29, 0.717) is 32.3 Å². The van der Waals surface area contributed by atoms with Crippen molar-refractivity contribution in [2.24, 2.45) is 0 Å². The van der Waals surface area contributed by atoms with E-state index in [1.165, 1.54) is 18.3 Å². The number of aromatic nitrogens is 1. The van der Waals surface area contributed by atoms with Gasteiger partial charge in [-0.05, 0) is 25.1 Å². The third kappa shape index (κ3) is 3.51. The molecule has 0 spiro atoms. The van der Waals surface area contributed by atoms with Crippen molar-refractivity contribution in [2.45, 2.75) is 13.0 Å². The highest BCUT2D eigenvalue weighted by atomic mass is 35.5. The lowest BCUT2D eigenvalue weighted by molar-refractivity contribution is 0.194. The largest absolute Gasteiger partial charge is 0.454 e. The summed E-state index contributed by atoms with van der Waals surface area (Å²) >= 11 is 17.7. The molecule has 1 aromatic heterocycles. The van der Waals surface area contributed by atoms with E-state index in [2.05, 4.69) is 4.98 Å². The maximum absolute atomic E-state index is 9.36. The van der Waals surface area contributed by atoms with Crippen molar-refractivity contribution in [1.29, 1.82) is 0 Å². The molecule has 0 amide bonds. The minimum Gasteiger partial charge on any atom is -0.454 e. The number of hydrogen-bond donors (Lipinski definition) is 1. The minimum absolute atomic E-state index is 0.356. The van der Waals surface area contributed by atoms with Crippen LogP contribution in [0.4, 0.5) is 0 Å². The van der Waals surface area contributed by atoms with Gasteiger partial charge in [0.15, 0.2) is 0 Å². The predicted molar refractivity (Wildman–Crippen MR) is 76.4 cm³/mol. The van der Waals surface area contributed by atoms with E-state index >= 15 is 0 Å². The Bertz CT molecular complexity index is 585. The summed E-state index contributed by atoms with van der Waals surface area (Å²) in [5.74, 6) is 0.882. The molecule has 1 atom stereocenters. The van der Waals surface area contributed by atoms with Gasteiger partial charge in [-0.1, -0.05) is 34.8 Å². The Balaban J connectivity index is 2.24. The minimum atomic E-state index is -0.623. The first kappa shape index (κ1) is 14.4. The fourth-order valence-electron chi connectivity index (χ4n) is 1.41. The van der Waals surface area contributed by atoms with Crippen LogP contribution in [0, 0.1) is 0 Å². The van der Waals surface area contributed by atoms with Crippen molar-refractivity contribution in [3.8, 4) is 11.5 Å². The first-order chi connectivity index (χ1) is 8.97. The Labute approximate surface area is 125 Å². The normalized spacial score (nSPS) is 12.3. The maximum Gasteiger partial charge on any atom is 0.147 e. The van der Waals surface area contributed by atoms with Crippen molar-refractivity contribution < 1.29 is 9.84 Å². The fraction of sp³-hybridized carbons (Fsp3) is 0.154. The van der Waals surface area contributed by atoms with Gasteiger partial charge < -0.3 is 9.84 Å². The molecule has 2 rings (SSSR count). The van der Waals surface area contributed by atoms with Crippen LogP contribution in [0.1, 0.15) is 18.7 Å². The zero-order valence-electron chi connectivity index (χ0n) is 9.90. The van der Waals surface area contributed by atoms with Gasteiger partial charge in [0.1, 0.15) is 11.5 Å². The molecule has 0 aliphatic rings. The average molecular weight is 319 g/mol. The predicted octanol–water partition coefficient (Wildman–Crippen LogP) is 4.89. The van der Waals surface area contributed by atoms with Crippen molar-refractivity contribution in [1.82, 2.24) is 4.98 Å². The Morgan fingerprint density at radius 1 is 1.11 bits per heavy atom. The molecule has 0 bridgehead atoms. The van der Waals surface area contributed by atoms with E-state index in [-0.39, 0.29) is 0 Å². The third-order valence-electron chi connectivity index (χ3n) is 2.39. The Hall–Kier alpha value is -1.00. The van der Waals surface area contributed by atoms with Gasteiger partial charge in [-0.15, -0.1) is 0 Å². The van der Waals surface area contributed by atoms with Gasteiger partial charge in [-0.3, -0.25) is 4.98 Å². The molecule has 1 heterocycles. The van der Waals surface area contributed by atoms with Gasteiger partial charge in [0.2, 0.25) is 0 Å². The molecule has 2 aromatic rings. The van der Waals surface area contributed by atoms with Crippen LogP contribution < -0.4 is 4.74 Å². The lowest BCUT2D eigenvalue weighted by atomic mass is 10.2. The summed E-state index contributed by atoms with van der Waals surface area (Å²) in [6.45, 7) is 1.64. The number of aliphatic hydroxyl groups excluding tert-OH is 1. The van der Waals surface area contributed by atoms with Crippen LogP contribution >= 0.6 is 34.8 Å². The second-order valence-corrected chi connectivity index (χ2v) is 5.12. The summed E-state index contributed by atoms with van der Waals surface area (Å²) in [6.07, 6.45) is 0.878. The summed E-state index contributed by atoms with van der Waals surface area (Å²) < 4.78 is 5.56. The molecule has 6 heteroatoms. The SMILES string of the molecule is C[C@@H](O)c1ccc(Oc2cc(Cl)c(Cl)cc2Cl)cn1. The van der Waals surface area contributed by atoms with Crippen LogP contribution in [0.25, 0.3) is 0 Å². The average Bonchev–Trinajstić information content (AvgIpc) is 2.36. The topological polar surface area (TPSA) is 42.4 Å². The molecular formula is C13H10Cl3NO2. The molecule has 1 N–H and O–H groups in total. The zero-order valence-corrected chi connectivity index (χ0v) is 12.2. The standard InChI is InChI=1S/C13H10Cl3NO2/c1-7(18)12-3-2-8(6-17-12)19-13-5-10(15)9(14)4-11(13)16/h2-7,18H,1H3/t7-/m1/s1. The summed E-state index contributed by atoms with van der Waals surface area (Å²) in [5, 5.41) is 10.4. The fourth-order valence-corrected chi connectivity index (χ4v) is 1.98. The molecule has 0 radical (unpaired) electrons. The first-order valence-corrected chi connectivity index (χ1v) is 6.57. The van der Waals surface area contributed by atoms with Gasteiger partial charge in [0.05, 0.1) is 33.1 Å². The van der Waals surface area contributed by atoms with E-state index in [1.807, 2.05) is 0 Å². The molecule has 0 aliphatic carbocycles. The van der Waals surface area contributed by atoms with Gasteiger partial charge in [-0.2, -0.15) is 0 Å².